The number of rotatable bonds is 3. The molecular weight excluding hydrogens is 314 g/mol. The van der Waals surface area contributed by atoms with Gasteiger partial charge in [-0.05, 0) is 38.5 Å². The van der Waals surface area contributed by atoms with Gasteiger partial charge in [0.1, 0.15) is 5.75 Å². The number of amides is 2. The number of benzene rings is 1. The third kappa shape index (κ3) is 3.34. The molecule has 1 aliphatic rings. The minimum absolute atomic E-state index is 0.0587. The van der Waals surface area contributed by atoms with E-state index in [1.54, 1.807) is 6.07 Å². The van der Waals surface area contributed by atoms with Crippen LogP contribution in [0.25, 0.3) is 0 Å². The number of nitrogens with one attached hydrogen (secondary N) is 2. The number of thiazole rings is 1. The van der Waals surface area contributed by atoms with E-state index >= 15 is 0 Å². The number of carbonyl (C=O) groups is 2. The molecule has 1 aromatic heterocycles. The van der Waals surface area contributed by atoms with E-state index in [2.05, 4.69) is 15.6 Å². The summed E-state index contributed by atoms with van der Waals surface area (Å²) in [5.41, 5.74) is 2.55. The fourth-order valence-electron chi connectivity index (χ4n) is 2.26. The topological polar surface area (TPSA) is 80.3 Å². The Hall–Kier alpha value is -2.41. The number of ether oxygens (including phenoxy) is 1. The summed E-state index contributed by atoms with van der Waals surface area (Å²) in [7, 11) is 0. The number of aromatic nitrogens is 1. The average Bonchev–Trinajstić information content (AvgIpc) is 2.78. The van der Waals surface area contributed by atoms with Gasteiger partial charge in [-0.15, -0.1) is 11.3 Å². The fourth-order valence-corrected chi connectivity index (χ4v) is 3.09. The predicted molar refractivity (Wildman–Crippen MR) is 89.1 cm³/mol. The van der Waals surface area contributed by atoms with Gasteiger partial charge in [-0.25, -0.2) is 4.98 Å². The van der Waals surface area contributed by atoms with E-state index in [1.165, 1.54) is 11.3 Å². The first-order chi connectivity index (χ1) is 10.9. The van der Waals surface area contributed by atoms with Gasteiger partial charge in [0.2, 0.25) is 5.91 Å². The molecule has 0 fully saturated rings. The molecular formula is C16H17N3O3S. The van der Waals surface area contributed by atoms with Crippen molar-refractivity contribution in [3.63, 3.8) is 0 Å². The van der Waals surface area contributed by atoms with Crippen molar-refractivity contribution in [3.05, 3.63) is 34.3 Å². The first-order valence-electron chi connectivity index (χ1n) is 7.24. The van der Waals surface area contributed by atoms with Crippen molar-refractivity contribution >= 4 is 34.0 Å². The van der Waals surface area contributed by atoms with Crippen LogP contribution >= 0.6 is 11.3 Å². The smallest absolute Gasteiger partial charge is 0.266 e. The molecule has 0 radical (unpaired) electrons. The van der Waals surface area contributed by atoms with E-state index in [-0.39, 0.29) is 18.2 Å². The lowest BCUT2D eigenvalue weighted by atomic mass is 10.1. The molecule has 3 rings (SSSR count). The monoisotopic (exact) mass is 331 g/mol. The Balaban J connectivity index is 1.67. The highest BCUT2D eigenvalue weighted by atomic mass is 32.1. The Morgan fingerprint density at radius 3 is 2.87 bits per heavy atom. The SMILES string of the molecule is Cc1ccc2c(c1)NC(=O)C(CC(=O)Nc1nc(C)c(C)s1)O2. The van der Waals surface area contributed by atoms with Gasteiger partial charge < -0.3 is 15.4 Å². The summed E-state index contributed by atoms with van der Waals surface area (Å²) in [4.78, 5) is 29.5. The first-order valence-corrected chi connectivity index (χ1v) is 8.06. The summed E-state index contributed by atoms with van der Waals surface area (Å²) >= 11 is 1.41. The van der Waals surface area contributed by atoms with Crippen LogP contribution in [0.1, 0.15) is 22.6 Å². The molecule has 1 aromatic carbocycles. The number of aryl methyl sites for hydroxylation is 3. The lowest BCUT2D eigenvalue weighted by Crippen LogP contribution is -2.39. The molecule has 2 heterocycles. The van der Waals surface area contributed by atoms with E-state index in [9.17, 15) is 9.59 Å². The van der Waals surface area contributed by atoms with Crippen LogP contribution in [0.4, 0.5) is 10.8 Å². The maximum Gasteiger partial charge on any atom is 0.266 e. The molecule has 23 heavy (non-hydrogen) atoms. The summed E-state index contributed by atoms with van der Waals surface area (Å²) in [5, 5.41) is 6.03. The van der Waals surface area contributed by atoms with Crippen LogP contribution in [0.15, 0.2) is 18.2 Å². The Labute approximate surface area is 137 Å². The molecule has 0 spiro atoms. The molecule has 120 valence electrons. The molecule has 1 unspecified atom stereocenters. The van der Waals surface area contributed by atoms with Gasteiger partial charge >= 0.3 is 0 Å². The van der Waals surface area contributed by atoms with E-state index in [4.69, 9.17) is 4.74 Å². The highest BCUT2D eigenvalue weighted by Crippen LogP contribution is 2.31. The molecule has 6 nitrogen and oxygen atoms in total. The van der Waals surface area contributed by atoms with Gasteiger partial charge in [0.15, 0.2) is 11.2 Å². The van der Waals surface area contributed by atoms with Crippen molar-refractivity contribution in [1.82, 2.24) is 4.98 Å². The lowest BCUT2D eigenvalue weighted by Gasteiger charge is -2.25. The zero-order valence-corrected chi connectivity index (χ0v) is 13.9. The van der Waals surface area contributed by atoms with Crippen LogP contribution in [0.2, 0.25) is 0 Å². The highest BCUT2D eigenvalue weighted by Gasteiger charge is 2.30. The zero-order valence-electron chi connectivity index (χ0n) is 13.1. The second kappa shape index (κ2) is 6.00. The number of nitrogens with zero attached hydrogens (tertiary/aromatic N) is 1. The molecule has 2 amide bonds. The van der Waals surface area contributed by atoms with Crippen LogP contribution in [-0.4, -0.2) is 22.9 Å². The number of fused-ring (bicyclic) bond motifs is 1. The molecule has 1 aliphatic heterocycles. The number of hydrogen-bond acceptors (Lipinski definition) is 5. The van der Waals surface area contributed by atoms with Crippen molar-refractivity contribution in [2.45, 2.75) is 33.3 Å². The standard InChI is InChI=1S/C16H17N3O3S/c1-8-4-5-12-11(6-8)18-15(21)13(22-12)7-14(20)19-16-17-9(2)10(3)23-16/h4-6,13H,7H2,1-3H3,(H,18,21)(H,17,19,20). The highest BCUT2D eigenvalue weighted by molar-refractivity contribution is 7.15. The molecule has 0 saturated carbocycles. The molecule has 0 bridgehead atoms. The van der Waals surface area contributed by atoms with Crippen molar-refractivity contribution in [2.75, 3.05) is 10.6 Å². The Bertz CT molecular complexity index is 765. The second-order valence-corrected chi connectivity index (χ2v) is 6.71. The average molecular weight is 331 g/mol. The molecule has 0 saturated heterocycles. The van der Waals surface area contributed by atoms with Crippen LogP contribution in [0, 0.1) is 20.8 Å². The second-order valence-electron chi connectivity index (χ2n) is 5.51. The third-order valence-electron chi connectivity index (χ3n) is 3.60. The van der Waals surface area contributed by atoms with Gasteiger partial charge in [-0.1, -0.05) is 6.07 Å². The van der Waals surface area contributed by atoms with E-state index in [0.717, 1.165) is 16.1 Å². The summed E-state index contributed by atoms with van der Waals surface area (Å²) in [6, 6.07) is 5.53. The van der Waals surface area contributed by atoms with Crippen molar-refractivity contribution in [2.24, 2.45) is 0 Å². The normalized spacial score (nSPS) is 16.3. The fraction of sp³-hybridized carbons (Fsp3) is 0.312. The number of anilines is 2. The molecule has 2 N–H and O–H groups in total. The van der Waals surface area contributed by atoms with Gasteiger partial charge in [0.25, 0.3) is 5.91 Å². The van der Waals surface area contributed by atoms with Crippen LogP contribution in [0.5, 0.6) is 5.75 Å². The molecule has 0 aliphatic carbocycles. The van der Waals surface area contributed by atoms with Crippen LogP contribution in [0.3, 0.4) is 0 Å². The summed E-state index contributed by atoms with van der Waals surface area (Å²) in [6.45, 7) is 5.77. The first kappa shape index (κ1) is 15.5. The lowest BCUT2D eigenvalue weighted by molar-refractivity contribution is -0.128. The molecule has 2 aromatic rings. The third-order valence-corrected chi connectivity index (χ3v) is 4.59. The number of hydrogen-bond donors (Lipinski definition) is 2. The van der Waals surface area contributed by atoms with Crippen LogP contribution < -0.4 is 15.4 Å². The Kier molecular flexibility index (Phi) is 4.04. The van der Waals surface area contributed by atoms with E-state index < -0.39 is 6.10 Å². The van der Waals surface area contributed by atoms with E-state index in [0.29, 0.717) is 16.6 Å². The Morgan fingerprint density at radius 2 is 2.17 bits per heavy atom. The zero-order chi connectivity index (χ0) is 16.6. The van der Waals surface area contributed by atoms with Gasteiger partial charge in [-0.3, -0.25) is 9.59 Å². The minimum atomic E-state index is -0.840. The predicted octanol–water partition coefficient (Wildman–Crippen LogP) is 2.80. The summed E-state index contributed by atoms with van der Waals surface area (Å²) in [5.74, 6) is -0.0341. The van der Waals surface area contributed by atoms with Crippen molar-refractivity contribution < 1.29 is 14.3 Å². The number of carbonyl (C=O) groups excluding carboxylic acids is 2. The minimum Gasteiger partial charge on any atom is -0.478 e. The Morgan fingerprint density at radius 1 is 1.39 bits per heavy atom. The van der Waals surface area contributed by atoms with Gasteiger partial charge in [0.05, 0.1) is 17.8 Å². The maximum absolute atomic E-state index is 12.1. The quantitative estimate of drug-likeness (QED) is 0.906. The molecule has 1 atom stereocenters. The molecule has 7 heteroatoms. The van der Waals surface area contributed by atoms with Crippen molar-refractivity contribution in [1.29, 1.82) is 0 Å². The van der Waals surface area contributed by atoms with Crippen LogP contribution in [-0.2, 0) is 9.59 Å². The summed E-state index contributed by atoms with van der Waals surface area (Å²) < 4.78 is 5.65. The largest absolute Gasteiger partial charge is 0.478 e. The maximum atomic E-state index is 12.1. The van der Waals surface area contributed by atoms with Gasteiger partial charge in [-0.2, -0.15) is 0 Å². The van der Waals surface area contributed by atoms with Gasteiger partial charge in [0, 0.05) is 4.88 Å². The van der Waals surface area contributed by atoms with E-state index in [1.807, 2.05) is 32.9 Å². The summed E-state index contributed by atoms with van der Waals surface area (Å²) in [6.07, 6.45) is -0.899. The van der Waals surface area contributed by atoms with Crippen molar-refractivity contribution in [3.8, 4) is 5.75 Å².